The van der Waals surface area contributed by atoms with Gasteiger partial charge in [-0.15, -0.1) is 0 Å². The van der Waals surface area contributed by atoms with Gasteiger partial charge in [-0.05, 0) is 43.4 Å². The second-order valence-corrected chi connectivity index (χ2v) is 5.22. The third kappa shape index (κ3) is 6.09. The molecule has 0 radical (unpaired) electrons. The van der Waals surface area contributed by atoms with Gasteiger partial charge in [-0.2, -0.15) is 0 Å². The normalized spacial score (nSPS) is 12.4. The topological polar surface area (TPSA) is 9.23 Å². The maximum atomic E-state index is 5.76. The highest BCUT2D eigenvalue weighted by molar-refractivity contribution is 5.27. The third-order valence-corrected chi connectivity index (χ3v) is 3.54. The van der Waals surface area contributed by atoms with Crippen molar-refractivity contribution in [3.8, 4) is 5.75 Å². The van der Waals surface area contributed by atoms with Gasteiger partial charge in [0, 0.05) is 0 Å². The first-order valence-electron chi connectivity index (χ1n) is 7.45. The fraction of sp³-hybridized carbons (Fsp3) is 0.647. The van der Waals surface area contributed by atoms with Crippen LogP contribution in [-0.4, -0.2) is 6.61 Å². The van der Waals surface area contributed by atoms with Crippen molar-refractivity contribution in [2.45, 2.75) is 59.3 Å². The SMILES string of the molecule is CCCC(CC)CCCCOc1cccc(C)c1. The van der Waals surface area contributed by atoms with Gasteiger partial charge in [0.1, 0.15) is 5.75 Å². The Kier molecular flexibility index (Phi) is 7.55. The smallest absolute Gasteiger partial charge is 0.119 e. The van der Waals surface area contributed by atoms with Crippen LogP contribution < -0.4 is 4.74 Å². The van der Waals surface area contributed by atoms with Gasteiger partial charge in [0.2, 0.25) is 0 Å². The zero-order valence-electron chi connectivity index (χ0n) is 12.2. The summed E-state index contributed by atoms with van der Waals surface area (Å²) in [7, 11) is 0. The second-order valence-electron chi connectivity index (χ2n) is 5.22. The third-order valence-electron chi connectivity index (χ3n) is 3.54. The first-order chi connectivity index (χ1) is 8.76. The summed E-state index contributed by atoms with van der Waals surface area (Å²) in [5.74, 6) is 1.93. The van der Waals surface area contributed by atoms with Crippen LogP contribution in [0.1, 0.15) is 57.9 Å². The Hall–Kier alpha value is -0.980. The molecule has 1 aromatic rings. The molecule has 0 saturated carbocycles. The summed E-state index contributed by atoms with van der Waals surface area (Å²) in [6, 6.07) is 8.30. The van der Waals surface area contributed by atoms with E-state index >= 15 is 0 Å². The zero-order chi connectivity index (χ0) is 13.2. The van der Waals surface area contributed by atoms with E-state index in [-0.39, 0.29) is 0 Å². The predicted molar refractivity (Wildman–Crippen MR) is 79.2 cm³/mol. The summed E-state index contributed by atoms with van der Waals surface area (Å²) in [6.45, 7) is 7.54. The first-order valence-corrected chi connectivity index (χ1v) is 7.45. The predicted octanol–water partition coefficient (Wildman–Crippen LogP) is 5.37. The van der Waals surface area contributed by atoms with Crippen molar-refractivity contribution in [3.05, 3.63) is 29.8 Å². The van der Waals surface area contributed by atoms with Crippen LogP contribution in [-0.2, 0) is 0 Å². The molecule has 18 heavy (non-hydrogen) atoms. The lowest BCUT2D eigenvalue weighted by Gasteiger charge is -2.13. The maximum absolute atomic E-state index is 5.76. The monoisotopic (exact) mass is 248 g/mol. The molecule has 0 fully saturated rings. The molecule has 0 amide bonds. The number of hydrogen-bond donors (Lipinski definition) is 0. The van der Waals surface area contributed by atoms with Crippen LogP contribution in [0.4, 0.5) is 0 Å². The van der Waals surface area contributed by atoms with Gasteiger partial charge in [-0.1, -0.05) is 51.7 Å². The Morgan fingerprint density at radius 3 is 2.61 bits per heavy atom. The minimum atomic E-state index is 0.853. The molecule has 102 valence electrons. The Balaban J connectivity index is 2.11. The summed E-state index contributed by atoms with van der Waals surface area (Å²) in [6.07, 6.45) is 7.86. The molecule has 0 aromatic heterocycles. The molecule has 1 atom stereocenters. The quantitative estimate of drug-likeness (QED) is 0.534. The highest BCUT2D eigenvalue weighted by Gasteiger charge is 2.04. The molecule has 0 aliphatic heterocycles. The van der Waals surface area contributed by atoms with E-state index < -0.39 is 0 Å². The van der Waals surface area contributed by atoms with Crippen molar-refractivity contribution in [2.24, 2.45) is 5.92 Å². The van der Waals surface area contributed by atoms with Crippen molar-refractivity contribution < 1.29 is 4.74 Å². The molecule has 0 aliphatic rings. The molecule has 0 saturated heterocycles. The van der Waals surface area contributed by atoms with Gasteiger partial charge in [-0.25, -0.2) is 0 Å². The molecule has 0 spiro atoms. The molecule has 0 heterocycles. The van der Waals surface area contributed by atoms with Crippen LogP contribution in [0.3, 0.4) is 0 Å². The largest absolute Gasteiger partial charge is 0.494 e. The van der Waals surface area contributed by atoms with E-state index in [1.807, 2.05) is 6.07 Å². The Morgan fingerprint density at radius 1 is 1.11 bits per heavy atom. The molecular weight excluding hydrogens is 220 g/mol. The van der Waals surface area contributed by atoms with Crippen LogP contribution in [0.25, 0.3) is 0 Å². The number of rotatable bonds is 9. The Labute approximate surface area is 113 Å². The van der Waals surface area contributed by atoms with E-state index in [0.717, 1.165) is 18.3 Å². The first kappa shape index (κ1) is 15.1. The van der Waals surface area contributed by atoms with Gasteiger partial charge in [0.05, 0.1) is 6.61 Å². The molecule has 0 N–H and O–H groups in total. The van der Waals surface area contributed by atoms with Crippen molar-refractivity contribution in [3.63, 3.8) is 0 Å². The van der Waals surface area contributed by atoms with E-state index in [0.29, 0.717) is 0 Å². The van der Waals surface area contributed by atoms with Crippen molar-refractivity contribution >= 4 is 0 Å². The lowest BCUT2D eigenvalue weighted by atomic mass is 9.95. The highest BCUT2D eigenvalue weighted by atomic mass is 16.5. The summed E-state index contributed by atoms with van der Waals surface area (Å²) < 4.78 is 5.76. The number of aryl methyl sites for hydroxylation is 1. The molecule has 0 bridgehead atoms. The molecule has 1 heteroatoms. The zero-order valence-corrected chi connectivity index (χ0v) is 12.2. The summed E-state index contributed by atoms with van der Waals surface area (Å²) in [5, 5.41) is 0. The molecule has 1 unspecified atom stereocenters. The van der Waals surface area contributed by atoms with E-state index in [1.165, 1.54) is 44.1 Å². The van der Waals surface area contributed by atoms with E-state index in [4.69, 9.17) is 4.74 Å². The minimum absolute atomic E-state index is 0.853. The van der Waals surface area contributed by atoms with E-state index in [9.17, 15) is 0 Å². The fourth-order valence-electron chi connectivity index (χ4n) is 2.39. The number of benzene rings is 1. The number of unbranched alkanes of at least 4 members (excludes halogenated alkanes) is 1. The second kappa shape index (κ2) is 9.02. The average Bonchev–Trinajstić information content (AvgIpc) is 2.37. The Bertz CT molecular complexity index is 319. The molecule has 1 aromatic carbocycles. The van der Waals surface area contributed by atoms with Gasteiger partial charge in [0.15, 0.2) is 0 Å². The van der Waals surface area contributed by atoms with Crippen LogP contribution in [0.2, 0.25) is 0 Å². The Morgan fingerprint density at radius 2 is 1.94 bits per heavy atom. The van der Waals surface area contributed by atoms with Gasteiger partial charge >= 0.3 is 0 Å². The maximum Gasteiger partial charge on any atom is 0.119 e. The highest BCUT2D eigenvalue weighted by Crippen LogP contribution is 2.18. The molecule has 0 aliphatic carbocycles. The summed E-state index contributed by atoms with van der Waals surface area (Å²) in [5.41, 5.74) is 1.27. The molecule has 1 nitrogen and oxygen atoms in total. The van der Waals surface area contributed by atoms with Crippen LogP contribution in [0, 0.1) is 12.8 Å². The standard InChI is InChI=1S/C17H28O/c1-4-9-16(5-2)11-6-7-13-18-17-12-8-10-15(3)14-17/h8,10,12,14,16H,4-7,9,11,13H2,1-3H3. The molecular formula is C17H28O. The molecule has 1 rings (SSSR count). The lowest BCUT2D eigenvalue weighted by Crippen LogP contribution is -2.01. The van der Waals surface area contributed by atoms with Gasteiger partial charge in [-0.3, -0.25) is 0 Å². The fourth-order valence-corrected chi connectivity index (χ4v) is 2.39. The van der Waals surface area contributed by atoms with Crippen LogP contribution in [0.5, 0.6) is 5.75 Å². The summed E-state index contributed by atoms with van der Waals surface area (Å²) in [4.78, 5) is 0. The van der Waals surface area contributed by atoms with Gasteiger partial charge < -0.3 is 4.74 Å². The number of hydrogen-bond acceptors (Lipinski definition) is 1. The van der Waals surface area contributed by atoms with Gasteiger partial charge in [0.25, 0.3) is 0 Å². The number of ether oxygens (including phenoxy) is 1. The average molecular weight is 248 g/mol. The van der Waals surface area contributed by atoms with Crippen molar-refractivity contribution in [1.29, 1.82) is 0 Å². The van der Waals surface area contributed by atoms with E-state index in [2.05, 4.69) is 39.0 Å². The minimum Gasteiger partial charge on any atom is -0.494 e. The van der Waals surface area contributed by atoms with Crippen LogP contribution >= 0.6 is 0 Å². The summed E-state index contributed by atoms with van der Waals surface area (Å²) >= 11 is 0. The van der Waals surface area contributed by atoms with E-state index in [1.54, 1.807) is 0 Å². The van der Waals surface area contributed by atoms with Crippen molar-refractivity contribution in [2.75, 3.05) is 6.61 Å². The van der Waals surface area contributed by atoms with Crippen molar-refractivity contribution in [1.82, 2.24) is 0 Å². The lowest BCUT2D eigenvalue weighted by molar-refractivity contribution is 0.295. The van der Waals surface area contributed by atoms with Crippen LogP contribution in [0.15, 0.2) is 24.3 Å².